The Morgan fingerprint density at radius 3 is 2.60 bits per heavy atom. The summed E-state index contributed by atoms with van der Waals surface area (Å²) in [6.45, 7) is 0. The van der Waals surface area contributed by atoms with Gasteiger partial charge < -0.3 is 9.30 Å². The van der Waals surface area contributed by atoms with Crippen molar-refractivity contribution in [1.82, 2.24) is 34.3 Å². The summed E-state index contributed by atoms with van der Waals surface area (Å²) in [6.07, 6.45) is 1.50. The minimum Gasteiger partial charge on any atom is -0.496 e. The number of hydrogen-bond donors (Lipinski definition) is 0. The Bertz CT molecular complexity index is 1330. The van der Waals surface area contributed by atoms with Crippen molar-refractivity contribution in [3.8, 4) is 28.4 Å². The van der Waals surface area contributed by atoms with Crippen LogP contribution in [0, 0.1) is 0 Å². The lowest BCUT2D eigenvalue weighted by Gasteiger charge is -2.09. The van der Waals surface area contributed by atoms with Crippen molar-refractivity contribution < 1.29 is 4.74 Å². The molecule has 3 aromatic heterocycles. The van der Waals surface area contributed by atoms with Crippen molar-refractivity contribution in [3.63, 3.8) is 0 Å². The molecule has 0 aliphatic rings. The van der Waals surface area contributed by atoms with Crippen LogP contribution in [0.4, 0.5) is 0 Å². The van der Waals surface area contributed by atoms with Crippen LogP contribution in [0.3, 0.4) is 0 Å². The first kappa shape index (κ1) is 18.3. The van der Waals surface area contributed by atoms with Gasteiger partial charge in [0, 0.05) is 12.6 Å². The number of methoxy groups -OCH3 is 1. The second-order valence-electron chi connectivity index (χ2n) is 6.49. The lowest BCUT2D eigenvalue weighted by atomic mass is 10.1. The van der Waals surface area contributed by atoms with Gasteiger partial charge in [-0.15, -0.1) is 10.2 Å². The van der Waals surface area contributed by atoms with E-state index in [1.54, 1.807) is 11.6 Å². The van der Waals surface area contributed by atoms with Crippen LogP contribution in [-0.2, 0) is 7.05 Å². The van der Waals surface area contributed by atoms with Gasteiger partial charge in [0.15, 0.2) is 11.0 Å². The second-order valence-corrected chi connectivity index (χ2v) is 7.47. The normalized spacial score (nSPS) is 11.1. The molecule has 2 aromatic carbocycles. The van der Waals surface area contributed by atoms with Gasteiger partial charge in [-0.2, -0.15) is 14.6 Å². The number of nitrogens with zero attached hydrogens (tertiary/aromatic N) is 7. The lowest BCUT2D eigenvalue weighted by Crippen LogP contribution is -2.00. The van der Waals surface area contributed by atoms with Gasteiger partial charge >= 0.3 is 0 Å². The summed E-state index contributed by atoms with van der Waals surface area (Å²) in [5.41, 5.74) is 2.72. The van der Waals surface area contributed by atoms with Gasteiger partial charge in [0.05, 0.1) is 18.4 Å². The average molecular weight is 415 g/mol. The molecule has 0 saturated carbocycles. The van der Waals surface area contributed by atoms with E-state index in [0.29, 0.717) is 5.78 Å². The van der Waals surface area contributed by atoms with Crippen LogP contribution in [0.15, 0.2) is 77.2 Å². The maximum absolute atomic E-state index is 5.48. The molecule has 0 radical (unpaired) electrons. The molecule has 0 N–H and O–H groups in total. The van der Waals surface area contributed by atoms with Gasteiger partial charge in [-0.25, -0.2) is 4.98 Å². The fraction of sp³-hybridized carbons (Fsp3) is 0.0952. The van der Waals surface area contributed by atoms with E-state index in [0.717, 1.165) is 38.6 Å². The predicted molar refractivity (Wildman–Crippen MR) is 113 cm³/mol. The topological polar surface area (TPSA) is 83.0 Å². The van der Waals surface area contributed by atoms with Crippen molar-refractivity contribution in [3.05, 3.63) is 67.0 Å². The number of para-hydroxylation sites is 1. The van der Waals surface area contributed by atoms with E-state index < -0.39 is 0 Å². The zero-order valence-corrected chi connectivity index (χ0v) is 17.1. The van der Waals surface area contributed by atoms with E-state index in [9.17, 15) is 0 Å². The smallest absolute Gasteiger partial charge is 0.253 e. The summed E-state index contributed by atoms with van der Waals surface area (Å²) < 4.78 is 9.12. The second kappa shape index (κ2) is 7.60. The molecule has 0 spiro atoms. The van der Waals surface area contributed by atoms with Crippen LogP contribution in [0.1, 0.15) is 0 Å². The van der Waals surface area contributed by atoms with Crippen molar-refractivity contribution in [2.24, 2.45) is 7.05 Å². The Morgan fingerprint density at radius 2 is 1.77 bits per heavy atom. The van der Waals surface area contributed by atoms with Crippen molar-refractivity contribution >= 4 is 17.5 Å². The molecule has 0 fully saturated rings. The number of hydrogen-bond acceptors (Lipinski definition) is 7. The first-order valence-corrected chi connectivity index (χ1v) is 10.0. The van der Waals surface area contributed by atoms with Crippen LogP contribution in [-0.4, -0.2) is 41.5 Å². The Hall–Kier alpha value is -3.72. The lowest BCUT2D eigenvalue weighted by molar-refractivity contribution is 0.416. The molecule has 0 aliphatic heterocycles. The van der Waals surface area contributed by atoms with Crippen LogP contribution in [0.5, 0.6) is 5.75 Å². The third-order valence-electron chi connectivity index (χ3n) is 4.67. The molecular weight excluding hydrogens is 398 g/mol. The van der Waals surface area contributed by atoms with Gasteiger partial charge in [0.2, 0.25) is 0 Å². The zero-order chi connectivity index (χ0) is 20.5. The molecule has 8 nitrogen and oxygen atoms in total. The van der Waals surface area contributed by atoms with Crippen molar-refractivity contribution in [2.45, 2.75) is 10.2 Å². The number of benzene rings is 2. The molecule has 3 heterocycles. The fourth-order valence-electron chi connectivity index (χ4n) is 3.18. The Morgan fingerprint density at radius 1 is 0.967 bits per heavy atom. The van der Waals surface area contributed by atoms with E-state index in [1.807, 2.05) is 72.3 Å². The van der Waals surface area contributed by atoms with Gasteiger partial charge in [-0.1, -0.05) is 42.5 Å². The predicted octanol–water partition coefficient (Wildman–Crippen LogP) is 3.75. The number of ether oxygens (including phenoxy) is 1. The number of rotatable bonds is 5. The molecule has 30 heavy (non-hydrogen) atoms. The molecule has 9 heteroatoms. The molecular formula is C21H17N7OS. The summed E-state index contributed by atoms with van der Waals surface area (Å²) in [6, 6.07) is 19.7. The highest BCUT2D eigenvalue weighted by atomic mass is 32.2. The maximum atomic E-state index is 5.48. The van der Waals surface area contributed by atoms with Gasteiger partial charge in [0.25, 0.3) is 5.78 Å². The summed E-state index contributed by atoms with van der Waals surface area (Å²) in [5, 5.41) is 14.7. The fourth-order valence-corrected chi connectivity index (χ4v) is 4.05. The summed E-state index contributed by atoms with van der Waals surface area (Å²) >= 11 is 1.46. The van der Waals surface area contributed by atoms with E-state index in [2.05, 4.69) is 25.3 Å². The molecule has 0 bridgehead atoms. The average Bonchev–Trinajstić information content (AvgIpc) is 3.41. The molecule has 0 saturated heterocycles. The van der Waals surface area contributed by atoms with Crippen molar-refractivity contribution in [1.29, 1.82) is 0 Å². The number of aromatic nitrogens is 7. The molecule has 148 valence electrons. The van der Waals surface area contributed by atoms with Crippen LogP contribution < -0.4 is 4.74 Å². The molecule has 0 aliphatic carbocycles. The SMILES string of the molecule is COc1ccccc1-c1nnc(Sc2cc(-c3ccccc3)nc3ncnn23)n1C. The monoisotopic (exact) mass is 415 g/mol. The summed E-state index contributed by atoms with van der Waals surface area (Å²) in [7, 11) is 3.58. The highest BCUT2D eigenvalue weighted by Crippen LogP contribution is 2.33. The first-order chi connectivity index (χ1) is 14.7. The minimum atomic E-state index is 0.533. The highest BCUT2D eigenvalue weighted by molar-refractivity contribution is 7.99. The highest BCUT2D eigenvalue weighted by Gasteiger charge is 2.18. The zero-order valence-electron chi connectivity index (χ0n) is 16.3. The van der Waals surface area contributed by atoms with Gasteiger partial charge in [-0.05, 0) is 30.0 Å². The standard InChI is InChI=1S/C21H17N7OS/c1-27-19(15-10-6-7-11-17(15)29-2)25-26-21(27)30-18-12-16(14-8-4-3-5-9-14)24-20-22-13-23-28(18)20/h3-13H,1-2H3. The Labute approximate surface area is 176 Å². The summed E-state index contributed by atoms with van der Waals surface area (Å²) in [4.78, 5) is 8.90. The third-order valence-corrected chi connectivity index (χ3v) is 5.71. The molecule has 5 aromatic rings. The van der Waals surface area contributed by atoms with Crippen LogP contribution in [0.2, 0.25) is 0 Å². The summed E-state index contributed by atoms with van der Waals surface area (Å²) in [5.74, 6) is 2.01. The Balaban J connectivity index is 1.57. The van der Waals surface area contributed by atoms with E-state index in [-0.39, 0.29) is 0 Å². The van der Waals surface area contributed by atoms with Crippen molar-refractivity contribution in [2.75, 3.05) is 7.11 Å². The van der Waals surface area contributed by atoms with Crippen LogP contribution >= 0.6 is 11.8 Å². The van der Waals surface area contributed by atoms with E-state index >= 15 is 0 Å². The third kappa shape index (κ3) is 3.18. The molecule has 0 unspecified atom stereocenters. The van der Waals surface area contributed by atoms with Gasteiger partial charge in [-0.3, -0.25) is 0 Å². The van der Waals surface area contributed by atoms with Gasteiger partial charge in [0.1, 0.15) is 17.1 Å². The number of fused-ring (bicyclic) bond motifs is 1. The molecule has 0 amide bonds. The molecule has 5 rings (SSSR count). The van der Waals surface area contributed by atoms with E-state index in [4.69, 9.17) is 4.74 Å². The maximum Gasteiger partial charge on any atom is 0.253 e. The minimum absolute atomic E-state index is 0.533. The Kier molecular flexibility index (Phi) is 4.64. The molecule has 0 atom stereocenters. The quantitative estimate of drug-likeness (QED) is 0.404. The first-order valence-electron chi connectivity index (χ1n) is 9.21. The van der Waals surface area contributed by atoms with Crippen LogP contribution in [0.25, 0.3) is 28.4 Å². The van der Waals surface area contributed by atoms with E-state index in [1.165, 1.54) is 18.1 Å². The largest absolute Gasteiger partial charge is 0.496 e.